The van der Waals surface area contributed by atoms with Crippen LogP contribution in [0.5, 0.6) is 0 Å². The van der Waals surface area contributed by atoms with Crippen LogP contribution in [0.15, 0.2) is 67.0 Å². The van der Waals surface area contributed by atoms with Crippen molar-refractivity contribution in [3.8, 4) is 0 Å². The summed E-state index contributed by atoms with van der Waals surface area (Å²) in [7, 11) is 4.34. The third kappa shape index (κ3) is 3.23. The monoisotopic (exact) mass is 400 g/mol. The number of nitrogens with one attached hydrogen (secondary N) is 1. The molecule has 0 radical (unpaired) electrons. The number of carbonyl (C=O) groups is 1. The van der Waals surface area contributed by atoms with Crippen LogP contribution in [-0.4, -0.2) is 48.1 Å². The van der Waals surface area contributed by atoms with Gasteiger partial charge in [-0.15, -0.1) is 0 Å². The minimum atomic E-state index is -0.195. The second-order valence-corrected chi connectivity index (χ2v) is 8.96. The summed E-state index contributed by atoms with van der Waals surface area (Å²) in [5.41, 5.74) is 2.13. The molecule has 3 aromatic rings. The quantitative estimate of drug-likeness (QED) is 0.709. The van der Waals surface area contributed by atoms with Crippen molar-refractivity contribution in [1.82, 2.24) is 15.2 Å². The van der Waals surface area contributed by atoms with Gasteiger partial charge in [-0.1, -0.05) is 42.5 Å². The van der Waals surface area contributed by atoms with Gasteiger partial charge in [-0.3, -0.25) is 9.88 Å². The summed E-state index contributed by atoms with van der Waals surface area (Å²) < 4.78 is 0. The number of carbonyl (C=O) groups excluding carboxylic acids is 1. The van der Waals surface area contributed by atoms with Gasteiger partial charge >= 0.3 is 6.03 Å². The summed E-state index contributed by atoms with van der Waals surface area (Å²) in [6.45, 7) is 0.705. The van der Waals surface area contributed by atoms with Crippen LogP contribution in [0, 0.1) is 0 Å². The van der Waals surface area contributed by atoms with Gasteiger partial charge in [0.15, 0.2) is 0 Å². The second-order valence-electron chi connectivity index (χ2n) is 8.96. The first-order chi connectivity index (χ1) is 14.6. The fourth-order valence-corrected chi connectivity index (χ4v) is 5.44. The molecule has 2 aliphatic rings. The number of aromatic nitrogens is 1. The molecule has 2 fully saturated rings. The first kappa shape index (κ1) is 19.1. The van der Waals surface area contributed by atoms with Crippen molar-refractivity contribution in [3.05, 3.63) is 72.6 Å². The summed E-state index contributed by atoms with van der Waals surface area (Å²) in [6.07, 6.45) is 6.67. The molecule has 1 aromatic heterocycles. The lowest BCUT2D eigenvalue weighted by molar-refractivity contribution is 0.142. The smallest absolute Gasteiger partial charge is 0.322 e. The molecular formula is C25H28N4O. The van der Waals surface area contributed by atoms with Crippen molar-refractivity contribution >= 4 is 22.5 Å². The zero-order chi connectivity index (χ0) is 20.7. The number of hydrogen-bond donors (Lipinski definition) is 1. The van der Waals surface area contributed by atoms with Gasteiger partial charge in [0, 0.05) is 35.1 Å². The summed E-state index contributed by atoms with van der Waals surface area (Å²) in [5, 5.41) is 5.52. The molecule has 2 amide bonds. The molecule has 1 aliphatic carbocycles. The average Bonchev–Trinajstić information content (AvgIpc) is 3.08. The third-order valence-electron chi connectivity index (χ3n) is 6.91. The summed E-state index contributed by atoms with van der Waals surface area (Å²) >= 11 is 0. The number of rotatable bonds is 3. The number of fused-ring (bicyclic) bond motifs is 1. The molecule has 5 heteroatoms. The zero-order valence-corrected chi connectivity index (χ0v) is 17.6. The largest absolute Gasteiger partial charge is 0.330 e. The SMILES string of the molecule is CN(C)[C@@H]1CCC2(C[C@@H]1c1ccccc1)CN(c1cccc3cnccc13)C(=O)N2. The van der Waals surface area contributed by atoms with Gasteiger partial charge in [-0.2, -0.15) is 0 Å². The first-order valence-electron chi connectivity index (χ1n) is 10.7. The average molecular weight is 401 g/mol. The highest BCUT2D eigenvalue weighted by Gasteiger charge is 2.49. The molecule has 1 unspecified atom stereocenters. The maximum absolute atomic E-state index is 13.1. The topological polar surface area (TPSA) is 48.5 Å². The molecule has 1 N–H and O–H groups in total. The Morgan fingerprint density at radius 3 is 2.73 bits per heavy atom. The van der Waals surface area contributed by atoms with Gasteiger partial charge in [0.05, 0.1) is 17.8 Å². The van der Waals surface area contributed by atoms with E-state index in [-0.39, 0.29) is 11.6 Å². The minimum Gasteiger partial charge on any atom is -0.330 e. The lowest BCUT2D eigenvalue weighted by Crippen LogP contribution is -2.52. The van der Waals surface area contributed by atoms with E-state index in [1.807, 2.05) is 35.4 Å². The lowest BCUT2D eigenvalue weighted by Gasteiger charge is -2.45. The van der Waals surface area contributed by atoms with Crippen LogP contribution in [0.1, 0.15) is 30.7 Å². The fraction of sp³-hybridized carbons (Fsp3) is 0.360. The Labute approximate surface area is 177 Å². The molecule has 5 rings (SSSR count). The summed E-state index contributed by atoms with van der Waals surface area (Å²) in [5.74, 6) is 0.395. The van der Waals surface area contributed by atoms with Gasteiger partial charge < -0.3 is 10.2 Å². The van der Waals surface area contributed by atoms with Crippen LogP contribution in [0.4, 0.5) is 10.5 Å². The molecule has 2 heterocycles. The molecule has 1 saturated heterocycles. The Morgan fingerprint density at radius 2 is 1.93 bits per heavy atom. The number of nitrogens with zero attached hydrogens (tertiary/aromatic N) is 3. The van der Waals surface area contributed by atoms with Crippen molar-refractivity contribution in [2.45, 2.75) is 36.8 Å². The third-order valence-corrected chi connectivity index (χ3v) is 6.91. The lowest BCUT2D eigenvalue weighted by atomic mass is 9.70. The van der Waals surface area contributed by atoms with Gasteiger partial charge in [-0.05, 0) is 51.1 Å². The van der Waals surface area contributed by atoms with Gasteiger partial charge in [-0.25, -0.2) is 4.79 Å². The highest BCUT2D eigenvalue weighted by Crippen LogP contribution is 2.44. The summed E-state index contributed by atoms with van der Waals surface area (Å²) in [4.78, 5) is 21.6. The Balaban J connectivity index is 1.48. The molecule has 1 aliphatic heterocycles. The number of likely N-dealkylation sites (N-methyl/N-ethyl adjacent to an activating group) is 1. The molecule has 3 atom stereocenters. The highest BCUT2D eigenvalue weighted by atomic mass is 16.2. The molecule has 0 bridgehead atoms. The van der Waals surface area contributed by atoms with Gasteiger partial charge in [0.25, 0.3) is 0 Å². The fourth-order valence-electron chi connectivity index (χ4n) is 5.44. The second kappa shape index (κ2) is 7.40. The van der Waals surface area contributed by atoms with Gasteiger partial charge in [0.1, 0.15) is 0 Å². The Hall–Kier alpha value is -2.92. The van der Waals surface area contributed by atoms with Crippen LogP contribution < -0.4 is 10.2 Å². The van der Waals surface area contributed by atoms with Crippen LogP contribution in [0.2, 0.25) is 0 Å². The van der Waals surface area contributed by atoms with Crippen LogP contribution in [-0.2, 0) is 0 Å². The van der Waals surface area contributed by atoms with Crippen LogP contribution in [0.3, 0.4) is 0 Å². The van der Waals surface area contributed by atoms with Crippen molar-refractivity contribution in [2.75, 3.05) is 25.5 Å². The van der Waals surface area contributed by atoms with E-state index in [4.69, 9.17) is 0 Å². The van der Waals surface area contributed by atoms with E-state index >= 15 is 0 Å². The molecular weight excluding hydrogens is 372 g/mol. The van der Waals surface area contributed by atoms with Crippen LogP contribution in [0.25, 0.3) is 10.8 Å². The van der Waals surface area contributed by atoms with E-state index in [1.54, 1.807) is 6.20 Å². The van der Waals surface area contributed by atoms with E-state index in [2.05, 4.69) is 59.6 Å². The minimum absolute atomic E-state index is 0.00873. The summed E-state index contributed by atoms with van der Waals surface area (Å²) in [6, 6.07) is 19.3. The number of hydrogen-bond acceptors (Lipinski definition) is 3. The van der Waals surface area contributed by atoms with E-state index < -0.39 is 0 Å². The number of urea groups is 1. The molecule has 5 nitrogen and oxygen atoms in total. The standard InChI is InChI=1S/C25H28N4O/c1-28(2)22-11-13-25(15-21(22)18-7-4-3-5-8-18)17-29(24(30)27-25)23-10-6-9-19-16-26-14-12-20(19)23/h3-10,12,14,16,21-22H,11,13,15,17H2,1-2H3,(H,27,30)/t21-,22-,25?/m1/s1. The van der Waals surface area contributed by atoms with Crippen molar-refractivity contribution in [1.29, 1.82) is 0 Å². The van der Waals surface area contributed by atoms with Crippen molar-refractivity contribution < 1.29 is 4.79 Å². The maximum Gasteiger partial charge on any atom is 0.322 e. The Morgan fingerprint density at radius 1 is 1.10 bits per heavy atom. The van der Waals surface area contributed by atoms with Crippen molar-refractivity contribution in [2.24, 2.45) is 0 Å². The predicted octanol–water partition coefficient (Wildman–Crippen LogP) is 4.40. The maximum atomic E-state index is 13.1. The zero-order valence-electron chi connectivity index (χ0n) is 17.6. The highest BCUT2D eigenvalue weighted by molar-refractivity contribution is 6.04. The van der Waals surface area contributed by atoms with Gasteiger partial charge in [0.2, 0.25) is 0 Å². The molecule has 1 spiro atoms. The normalized spacial score (nSPS) is 26.5. The number of amides is 2. The number of benzene rings is 2. The number of pyridine rings is 1. The Kier molecular flexibility index (Phi) is 4.70. The molecule has 1 saturated carbocycles. The Bertz CT molecular complexity index is 1060. The number of anilines is 1. The first-order valence-corrected chi connectivity index (χ1v) is 10.7. The predicted molar refractivity (Wildman–Crippen MR) is 121 cm³/mol. The van der Waals surface area contributed by atoms with Crippen molar-refractivity contribution in [3.63, 3.8) is 0 Å². The molecule has 154 valence electrons. The van der Waals surface area contributed by atoms with E-state index in [0.717, 1.165) is 35.7 Å². The van der Waals surface area contributed by atoms with E-state index in [0.29, 0.717) is 18.5 Å². The van der Waals surface area contributed by atoms with Crippen LogP contribution >= 0.6 is 0 Å². The van der Waals surface area contributed by atoms with E-state index in [1.165, 1.54) is 5.56 Å². The molecule has 30 heavy (non-hydrogen) atoms. The molecule has 2 aromatic carbocycles. The van der Waals surface area contributed by atoms with E-state index in [9.17, 15) is 4.79 Å².